The first kappa shape index (κ1) is 36.9. The molecule has 2 aromatic rings. The summed E-state index contributed by atoms with van der Waals surface area (Å²) in [5.41, 5.74) is -0.583. The Labute approximate surface area is 307 Å². The first-order valence-corrected chi connectivity index (χ1v) is 19.9. The fourth-order valence-electron chi connectivity index (χ4n) is 8.19. The lowest BCUT2D eigenvalue weighted by molar-refractivity contribution is -0.142. The van der Waals surface area contributed by atoms with Crippen molar-refractivity contribution in [3.63, 3.8) is 0 Å². The van der Waals surface area contributed by atoms with Gasteiger partial charge in [0.05, 0.1) is 13.2 Å². The standard InChI is InChI=1S/C37H46FN5O9S/c1-21-6-3-4-8-24-18-37(24,34(46)42-53(49,50)36(20-38)12-13-36)41-31(44)28-17-25(19-43(28)33(45)29(22(2)16-21)40-35(47)48)52-32-27-10-9-23-7-5-15-51-30(23)26(27)11-14-39-32/h4,8-11,14,21-22,24-25,28-29,40H,3,5-7,12-13,15-20H2,1-2H3,(H,41,44)(H,42,46)(H,47,48)/b8-4-/t21-,22+,24+,25+,28-,29-,37+/m0/s1. The van der Waals surface area contributed by atoms with Crippen LogP contribution in [-0.4, -0.2) is 95.5 Å². The quantitative estimate of drug-likeness (QED) is 0.305. The highest BCUT2D eigenvalue weighted by Gasteiger charge is 2.64. The average molecular weight is 756 g/mol. The zero-order valence-corrected chi connectivity index (χ0v) is 30.6. The van der Waals surface area contributed by atoms with E-state index in [-0.39, 0.29) is 44.0 Å². The number of allylic oxidation sites excluding steroid dienone is 1. The van der Waals surface area contributed by atoms with Crippen molar-refractivity contribution in [3.05, 3.63) is 42.1 Å². The number of aryl methyl sites for hydroxylation is 1. The maximum atomic E-state index is 14.4. The molecule has 0 unspecified atom stereocenters. The number of ether oxygens (including phenoxy) is 2. The van der Waals surface area contributed by atoms with Crippen molar-refractivity contribution < 1.29 is 46.6 Å². The monoisotopic (exact) mass is 755 g/mol. The number of benzene rings is 1. The van der Waals surface area contributed by atoms with Crippen molar-refractivity contribution in [1.29, 1.82) is 0 Å². The second-order valence-corrected chi connectivity index (χ2v) is 17.5. The van der Waals surface area contributed by atoms with Gasteiger partial charge in [-0.1, -0.05) is 32.1 Å². The van der Waals surface area contributed by atoms with E-state index in [2.05, 4.69) is 20.3 Å². The largest absolute Gasteiger partial charge is 0.493 e. The molecule has 0 bridgehead atoms. The minimum absolute atomic E-state index is 0.0247. The lowest BCUT2D eigenvalue weighted by Gasteiger charge is -2.32. The van der Waals surface area contributed by atoms with Crippen LogP contribution in [0.4, 0.5) is 9.18 Å². The van der Waals surface area contributed by atoms with Crippen molar-refractivity contribution >= 4 is 44.6 Å². The Kier molecular flexibility index (Phi) is 9.79. The number of sulfonamides is 1. The normalized spacial score (nSPS) is 31.6. The number of amides is 4. The molecule has 1 saturated heterocycles. The summed E-state index contributed by atoms with van der Waals surface area (Å²) in [6.45, 7) is 3.16. The predicted molar refractivity (Wildman–Crippen MR) is 190 cm³/mol. The van der Waals surface area contributed by atoms with Gasteiger partial charge in [-0.15, -0.1) is 0 Å². The number of carbonyl (C=O) groups is 4. The molecule has 286 valence electrons. The number of carboxylic acid groups (broad SMARTS) is 1. The molecule has 3 aliphatic heterocycles. The Morgan fingerprint density at radius 3 is 2.70 bits per heavy atom. The number of pyridine rings is 1. The highest BCUT2D eigenvalue weighted by atomic mass is 32.2. The number of carbonyl (C=O) groups excluding carboxylic acids is 3. The number of alkyl halides is 1. The summed E-state index contributed by atoms with van der Waals surface area (Å²) >= 11 is 0. The Hall–Kier alpha value is -4.47. The summed E-state index contributed by atoms with van der Waals surface area (Å²) in [5.74, 6) is -2.16. The number of aromatic nitrogens is 1. The van der Waals surface area contributed by atoms with E-state index >= 15 is 0 Å². The zero-order valence-electron chi connectivity index (χ0n) is 29.8. The summed E-state index contributed by atoms with van der Waals surface area (Å²) in [7, 11) is -4.38. The van der Waals surface area contributed by atoms with Crippen LogP contribution in [0.15, 0.2) is 36.5 Å². The summed E-state index contributed by atoms with van der Waals surface area (Å²) in [4.78, 5) is 60.3. The summed E-state index contributed by atoms with van der Waals surface area (Å²) in [6, 6.07) is 3.32. The predicted octanol–water partition coefficient (Wildman–Crippen LogP) is 3.38. The summed E-state index contributed by atoms with van der Waals surface area (Å²) in [5, 5.41) is 16.5. The van der Waals surface area contributed by atoms with Gasteiger partial charge in [0.2, 0.25) is 27.7 Å². The van der Waals surface area contributed by atoms with Crippen LogP contribution in [0.25, 0.3) is 10.8 Å². The van der Waals surface area contributed by atoms with E-state index in [9.17, 15) is 37.1 Å². The van der Waals surface area contributed by atoms with Crippen LogP contribution in [0.3, 0.4) is 0 Å². The molecule has 1 aromatic carbocycles. The van der Waals surface area contributed by atoms with E-state index in [1.54, 1.807) is 19.2 Å². The number of nitrogens with zero attached hydrogens (tertiary/aromatic N) is 2. The van der Waals surface area contributed by atoms with Crippen LogP contribution < -0.4 is 24.8 Å². The molecule has 7 rings (SSSR count). The van der Waals surface area contributed by atoms with E-state index in [4.69, 9.17) is 9.47 Å². The third-order valence-electron chi connectivity index (χ3n) is 11.6. The smallest absolute Gasteiger partial charge is 0.405 e. The van der Waals surface area contributed by atoms with Gasteiger partial charge in [-0.2, -0.15) is 0 Å². The van der Waals surface area contributed by atoms with Gasteiger partial charge in [0.25, 0.3) is 5.91 Å². The molecule has 4 N–H and O–H groups in total. The van der Waals surface area contributed by atoms with Gasteiger partial charge in [-0.25, -0.2) is 22.6 Å². The third-order valence-corrected chi connectivity index (χ3v) is 13.7. The highest BCUT2D eigenvalue weighted by Crippen LogP contribution is 2.48. The molecular weight excluding hydrogens is 709 g/mol. The first-order chi connectivity index (χ1) is 25.3. The van der Waals surface area contributed by atoms with E-state index in [1.807, 2.05) is 31.2 Å². The number of rotatable bonds is 7. The molecule has 14 nitrogen and oxygen atoms in total. The van der Waals surface area contributed by atoms with Gasteiger partial charge in [0.1, 0.15) is 40.9 Å². The van der Waals surface area contributed by atoms with Crippen LogP contribution in [0, 0.1) is 17.8 Å². The maximum absolute atomic E-state index is 14.4. The van der Waals surface area contributed by atoms with Gasteiger partial charge in [-0.05, 0) is 80.9 Å². The van der Waals surface area contributed by atoms with Crippen molar-refractivity contribution in [2.75, 3.05) is 19.8 Å². The molecule has 3 fully saturated rings. The Morgan fingerprint density at radius 1 is 1.17 bits per heavy atom. The molecule has 16 heteroatoms. The zero-order chi connectivity index (χ0) is 37.7. The van der Waals surface area contributed by atoms with Crippen molar-refractivity contribution in [2.45, 2.75) is 100 Å². The molecule has 0 radical (unpaired) electrons. The molecule has 2 aliphatic carbocycles. The lowest BCUT2D eigenvalue weighted by atomic mass is 9.88. The van der Waals surface area contributed by atoms with Crippen LogP contribution in [0.5, 0.6) is 11.6 Å². The number of halogens is 1. The molecule has 53 heavy (non-hydrogen) atoms. The molecule has 7 atom stereocenters. The van der Waals surface area contributed by atoms with Gasteiger partial charge >= 0.3 is 6.09 Å². The molecule has 5 aliphatic rings. The topological polar surface area (TPSA) is 193 Å². The first-order valence-electron chi connectivity index (χ1n) is 18.4. The van der Waals surface area contributed by atoms with E-state index < -0.39 is 80.8 Å². The number of hydrogen-bond donors (Lipinski definition) is 4. The molecule has 1 aromatic heterocycles. The third kappa shape index (κ3) is 7.01. The fraction of sp³-hybridized carbons (Fsp3) is 0.595. The van der Waals surface area contributed by atoms with Gasteiger partial charge in [0.15, 0.2) is 0 Å². The van der Waals surface area contributed by atoms with E-state index in [0.29, 0.717) is 31.3 Å². The molecule has 0 spiro atoms. The number of hydrogen-bond acceptors (Lipinski definition) is 9. The SMILES string of the molecule is C[C@H]1CC/C=C\[C@@H]2C[C@@]2(C(=O)NS(=O)(=O)C2(CF)CC2)NC(=O)[C@@H]2C[C@@H](Oc3nccc4c5c(ccc34)CCCO5)CN2C(=O)[C@@H](NC(=O)O)[C@H](C)C1. The maximum Gasteiger partial charge on any atom is 0.405 e. The number of nitrogens with one attached hydrogen (secondary N) is 3. The van der Waals surface area contributed by atoms with E-state index in [1.165, 1.54) is 4.90 Å². The van der Waals surface area contributed by atoms with E-state index in [0.717, 1.165) is 29.5 Å². The van der Waals surface area contributed by atoms with Gasteiger partial charge in [-0.3, -0.25) is 19.1 Å². The molecule has 4 amide bonds. The van der Waals surface area contributed by atoms with Crippen LogP contribution in [-0.2, 0) is 30.8 Å². The Balaban J connectivity index is 1.21. The van der Waals surface area contributed by atoms with Gasteiger partial charge in [0, 0.05) is 29.3 Å². The Bertz CT molecular complexity index is 1960. The van der Waals surface area contributed by atoms with Crippen LogP contribution in [0.1, 0.15) is 70.8 Å². The minimum Gasteiger partial charge on any atom is -0.493 e. The number of fused-ring (bicyclic) bond motifs is 5. The second-order valence-electron chi connectivity index (χ2n) is 15.5. The molecule has 2 saturated carbocycles. The summed E-state index contributed by atoms with van der Waals surface area (Å²) < 4.78 is 52.8. The average Bonchev–Trinajstić information content (AvgIpc) is 4.03. The van der Waals surface area contributed by atoms with Gasteiger partial charge < -0.3 is 30.1 Å². The Morgan fingerprint density at radius 2 is 1.96 bits per heavy atom. The molecular formula is C37H46FN5O9S. The fourth-order valence-corrected chi connectivity index (χ4v) is 9.61. The minimum atomic E-state index is -4.38. The second kappa shape index (κ2) is 14.1. The van der Waals surface area contributed by atoms with Crippen molar-refractivity contribution in [1.82, 2.24) is 25.2 Å². The van der Waals surface area contributed by atoms with Crippen LogP contribution >= 0.6 is 0 Å². The summed E-state index contributed by atoms with van der Waals surface area (Å²) in [6.07, 6.45) is 6.98. The van der Waals surface area contributed by atoms with Crippen LogP contribution in [0.2, 0.25) is 0 Å². The molecule has 4 heterocycles. The van der Waals surface area contributed by atoms with Crippen molar-refractivity contribution in [3.8, 4) is 11.6 Å². The van der Waals surface area contributed by atoms with Crippen molar-refractivity contribution in [2.24, 2.45) is 17.8 Å². The highest BCUT2D eigenvalue weighted by molar-refractivity contribution is 7.91. The lowest BCUT2D eigenvalue weighted by Crippen LogP contribution is -2.59.